The topological polar surface area (TPSA) is 44.1 Å². The molecular formula is C15H17ClN2OS. The highest BCUT2D eigenvalue weighted by Gasteiger charge is 2.35. The fourth-order valence-corrected chi connectivity index (χ4v) is 3.38. The van der Waals surface area contributed by atoms with Crippen molar-refractivity contribution in [3.8, 4) is 6.07 Å². The second-order valence-corrected chi connectivity index (χ2v) is 6.69. The molecule has 0 atom stereocenters. The van der Waals surface area contributed by atoms with E-state index in [0.29, 0.717) is 23.7 Å². The highest BCUT2D eigenvalue weighted by molar-refractivity contribution is 8.00. The van der Waals surface area contributed by atoms with Gasteiger partial charge in [0.2, 0.25) is 0 Å². The highest BCUT2D eigenvalue weighted by Crippen LogP contribution is 2.34. The maximum Gasteiger partial charge on any atom is 0.254 e. The van der Waals surface area contributed by atoms with Crippen molar-refractivity contribution in [1.82, 2.24) is 4.90 Å². The number of nitrogens with zero attached hydrogens (tertiary/aromatic N) is 2. The molecule has 0 unspecified atom stereocenters. The number of benzene rings is 1. The fraction of sp³-hybridized carbons (Fsp3) is 0.467. The van der Waals surface area contributed by atoms with Crippen LogP contribution >= 0.6 is 23.4 Å². The summed E-state index contributed by atoms with van der Waals surface area (Å²) in [7, 11) is 0. The molecule has 5 heteroatoms. The van der Waals surface area contributed by atoms with Crippen LogP contribution in [0.4, 0.5) is 0 Å². The van der Waals surface area contributed by atoms with Gasteiger partial charge in [-0.1, -0.05) is 11.6 Å². The Morgan fingerprint density at radius 3 is 2.60 bits per heavy atom. The minimum Gasteiger partial charge on any atom is -0.338 e. The number of carbonyl (C=O) groups is 1. The predicted molar refractivity (Wildman–Crippen MR) is 83.2 cm³/mol. The van der Waals surface area contributed by atoms with E-state index < -0.39 is 0 Å². The van der Waals surface area contributed by atoms with E-state index >= 15 is 0 Å². The number of hydrogen-bond donors (Lipinski definition) is 0. The second-order valence-electron chi connectivity index (χ2n) is 5.06. The van der Waals surface area contributed by atoms with Gasteiger partial charge in [0.05, 0.1) is 6.07 Å². The van der Waals surface area contributed by atoms with Gasteiger partial charge >= 0.3 is 0 Å². The highest BCUT2D eigenvalue weighted by atomic mass is 35.5. The maximum absolute atomic E-state index is 12.5. The van der Waals surface area contributed by atoms with Gasteiger partial charge in [0, 0.05) is 23.7 Å². The molecule has 3 nitrogen and oxygen atoms in total. The Morgan fingerprint density at radius 1 is 1.45 bits per heavy atom. The van der Waals surface area contributed by atoms with Crippen LogP contribution in [0.1, 0.15) is 28.8 Å². The number of piperidine rings is 1. The normalized spacial score (nSPS) is 17.6. The van der Waals surface area contributed by atoms with Gasteiger partial charge in [0.1, 0.15) is 4.75 Å². The lowest BCUT2D eigenvalue weighted by atomic mass is 9.96. The van der Waals surface area contributed by atoms with E-state index in [4.69, 9.17) is 11.6 Å². The molecule has 1 saturated heterocycles. The summed E-state index contributed by atoms with van der Waals surface area (Å²) in [5, 5.41) is 9.91. The lowest BCUT2D eigenvalue weighted by Gasteiger charge is -2.36. The van der Waals surface area contributed by atoms with Crippen molar-refractivity contribution in [2.24, 2.45) is 0 Å². The summed E-state index contributed by atoms with van der Waals surface area (Å²) in [6, 6.07) is 7.72. The Morgan fingerprint density at radius 2 is 2.10 bits per heavy atom. The summed E-state index contributed by atoms with van der Waals surface area (Å²) in [5.74, 6) is 0.0341. The van der Waals surface area contributed by atoms with Gasteiger partial charge in [-0.05, 0) is 49.8 Å². The summed E-state index contributed by atoms with van der Waals surface area (Å²) in [4.78, 5) is 14.3. The number of hydrogen-bond acceptors (Lipinski definition) is 3. The molecule has 1 aromatic carbocycles. The minimum atomic E-state index is -0.328. The number of halogens is 1. The first kappa shape index (κ1) is 15.2. The molecule has 0 spiro atoms. The van der Waals surface area contributed by atoms with Crippen LogP contribution in [0.25, 0.3) is 0 Å². The van der Waals surface area contributed by atoms with Crippen LogP contribution in [0.15, 0.2) is 18.2 Å². The molecule has 1 aromatic rings. The lowest BCUT2D eigenvalue weighted by molar-refractivity contribution is 0.0716. The molecule has 0 radical (unpaired) electrons. The van der Waals surface area contributed by atoms with Crippen LogP contribution in [0, 0.1) is 18.3 Å². The third kappa shape index (κ3) is 2.94. The standard InChI is InChI=1S/C15H17ClN2OS/c1-11-9-12(16)3-4-13(11)14(19)18-7-5-15(10-17,20-2)6-8-18/h3-4,9H,5-8H2,1-2H3. The molecule has 0 saturated carbocycles. The number of amides is 1. The van der Waals surface area contributed by atoms with Crippen molar-refractivity contribution in [3.63, 3.8) is 0 Å². The third-order valence-corrected chi connectivity index (χ3v) is 5.39. The number of likely N-dealkylation sites (tertiary alicyclic amines) is 1. The first-order valence-electron chi connectivity index (χ1n) is 6.53. The molecule has 0 N–H and O–H groups in total. The summed E-state index contributed by atoms with van der Waals surface area (Å²) in [6.07, 6.45) is 3.41. The van der Waals surface area contributed by atoms with Crippen molar-refractivity contribution < 1.29 is 4.79 Å². The monoisotopic (exact) mass is 308 g/mol. The van der Waals surface area contributed by atoms with Gasteiger partial charge in [-0.3, -0.25) is 4.79 Å². The molecule has 106 valence electrons. The zero-order valence-corrected chi connectivity index (χ0v) is 13.2. The second kappa shape index (κ2) is 6.07. The lowest BCUT2D eigenvalue weighted by Crippen LogP contribution is -2.44. The van der Waals surface area contributed by atoms with E-state index in [1.54, 1.807) is 30.0 Å². The molecule has 1 amide bonds. The van der Waals surface area contributed by atoms with Crippen molar-refractivity contribution in [2.75, 3.05) is 19.3 Å². The smallest absolute Gasteiger partial charge is 0.254 e. The van der Waals surface area contributed by atoms with Gasteiger partial charge < -0.3 is 4.90 Å². The molecule has 0 aliphatic carbocycles. The number of aryl methyl sites for hydroxylation is 1. The third-order valence-electron chi connectivity index (χ3n) is 3.87. The molecule has 1 heterocycles. The molecule has 0 aromatic heterocycles. The van der Waals surface area contributed by atoms with Gasteiger partial charge in [0.15, 0.2) is 0 Å². The summed E-state index contributed by atoms with van der Waals surface area (Å²) >= 11 is 7.51. The average molecular weight is 309 g/mol. The zero-order valence-electron chi connectivity index (χ0n) is 11.6. The van der Waals surface area contributed by atoms with E-state index in [1.807, 2.05) is 18.1 Å². The quantitative estimate of drug-likeness (QED) is 0.840. The van der Waals surface area contributed by atoms with Gasteiger partial charge in [-0.25, -0.2) is 0 Å². The van der Waals surface area contributed by atoms with E-state index in [1.165, 1.54) is 0 Å². The van der Waals surface area contributed by atoms with E-state index in [2.05, 4.69) is 6.07 Å². The zero-order chi connectivity index (χ0) is 14.8. The van der Waals surface area contributed by atoms with Crippen molar-refractivity contribution in [1.29, 1.82) is 5.26 Å². The molecule has 2 rings (SSSR count). The van der Waals surface area contributed by atoms with Crippen molar-refractivity contribution in [3.05, 3.63) is 34.3 Å². The minimum absolute atomic E-state index is 0.0341. The number of nitriles is 1. The van der Waals surface area contributed by atoms with Crippen LogP contribution in [0.2, 0.25) is 5.02 Å². The van der Waals surface area contributed by atoms with Crippen LogP contribution in [0.5, 0.6) is 0 Å². The SMILES string of the molecule is CSC1(C#N)CCN(C(=O)c2ccc(Cl)cc2C)CC1. The van der Waals surface area contributed by atoms with E-state index in [-0.39, 0.29) is 10.7 Å². The van der Waals surface area contributed by atoms with Crippen LogP contribution in [0.3, 0.4) is 0 Å². The molecular weight excluding hydrogens is 292 g/mol. The van der Waals surface area contributed by atoms with Crippen LogP contribution in [-0.4, -0.2) is 34.9 Å². The summed E-state index contributed by atoms with van der Waals surface area (Å²) < 4.78 is -0.328. The van der Waals surface area contributed by atoms with Crippen LogP contribution in [-0.2, 0) is 0 Å². The van der Waals surface area contributed by atoms with Gasteiger partial charge in [0.25, 0.3) is 5.91 Å². The Hall–Kier alpha value is -1.18. The van der Waals surface area contributed by atoms with Crippen LogP contribution < -0.4 is 0 Å². The van der Waals surface area contributed by atoms with Crippen molar-refractivity contribution in [2.45, 2.75) is 24.5 Å². The van der Waals surface area contributed by atoms with Gasteiger partial charge in [-0.15, -0.1) is 11.8 Å². The average Bonchev–Trinajstić information content (AvgIpc) is 2.47. The van der Waals surface area contributed by atoms with Gasteiger partial charge in [-0.2, -0.15) is 5.26 Å². The molecule has 0 bridgehead atoms. The van der Waals surface area contributed by atoms with E-state index in [9.17, 15) is 10.1 Å². The molecule has 1 fully saturated rings. The van der Waals surface area contributed by atoms with Crippen molar-refractivity contribution >= 4 is 29.3 Å². The molecule has 1 aliphatic rings. The Kier molecular flexibility index (Phi) is 4.62. The Balaban J connectivity index is 2.11. The van der Waals surface area contributed by atoms with E-state index in [0.717, 1.165) is 18.4 Å². The Bertz CT molecular complexity index is 559. The number of rotatable bonds is 2. The number of thioether (sulfide) groups is 1. The number of carbonyl (C=O) groups excluding carboxylic acids is 1. The summed E-state index contributed by atoms with van der Waals surface area (Å²) in [6.45, 7) is 3.16. The first-order chi connectivity index (χ1) is 9.51. The molecule has 1 aliphatic heterocycles. The summed E-state index contributed by atoms with van der Waals surface area (Å²) in [5.41, 5.74) is 1.59. The molecule has 20 heavy (non-hydrogen) atoms. The fourth-order valence-electron chi connectivity index (χ4n) is 2.47. The largest absolute Gasteiger partial charge is 0.338 e. The first-order valence-corrected chi connectivity index (χ1v) is 8.13. The maximum atomic E-state index is 12.5. The predicted octanol–water partition coefficient (Wildman–Crippen LogP) is 3.51. The Labute approximate surface area is 128 Å².